The largest absolute Gasteiger partial charge is 0.455 e. The van der Waals surface area contributed by atoms with Crippen LogP contribution in [0.1, 0.15) is 0 Å². The third-order valence-electron chi connectivity index (χ3n) is 7.40. The van der Waals surface area contributed by atoms with Gasteiger partial charge in [0, 0.05) is 16.2 Å². The number of rotatable bonds is 1. The van der Waals surface area contributed by atoms with Crippen LogP contribution in [0.3, 0.4) is 0 Å². The molecule has 0 aliphatic heterocycles. The summed E-state index contributed by atoms with van der Waals surface area (Å²) in [7, 11) is 0. The van der Waals surface area contributed by atoms with Crippen LogP contribution in [-0.4, -0.2) is 0 Å². The SMILES string of the molecule is c1ccc2cc3c(cc2c1)c(-c1cccc2oc4c5ccccc5ccc4c12)cc1ccccc13. The van der Waals surface area contributed by atoms with Gasteiger partial charge in [0.25, 0.3) is 0 Å². The van der Waals surface area contributed by atoms with Crippen molar-refractivity contribution >= 4 is 65.0 Å². The van der Waals surface area contributed by atoms with E-state index in [0.29, 0.717) is 0 Å². The number of furan rings is 1. The maximum absolute atomic E-state index is 6.50. The molecule has 8 aromatic rings. The average Bonchev–Trinajstić information content (AvgIpc) is 3.31. The predicted molar refractivity (Wildman–Crippen MR) is 149 cm³/mol. The Morgan fingerprint density at radius 2 is 1.06 bits per heavy atom. The van der Waals surface area contributed by atoms with Crippen LogP contribution in [0, 0.1) is 0 Å². The Morgan fingerprint density at radius 1 is 0.371 bits per heavy atom. The molecule has 0 saturated carbocycles. The average molecular weight is 445 g/mol. The van der Waals surface area contributed by atoms with Gasteiger partial charge in [-0.05, 0) is 79.2 Å². The molecule has 0 N–H and O–H groups in total. The summed E-state index contributed by atoms with van der Waals surface area (Å²) in [6.07, 6.45) is 0. The zero-order chi connectivity index (χ0) is 22.9. The molecule has 1 nitrogen and oxygen atoms in total. The third kappa shape index (κ3) is 2.64. The Labute approximate surface area is 201 Å². The van der Waals surface area contributed by atoms with Crippen LogP contribution in [0.25, 0.3) is 76.2 Å². The van der Waals surface area contributed by atoms with E-state index in [1.54, 1.807) is 0 Å². The minimum absolute atomic E-state index is 0.927. The monoisotopic (exact) mass is 444 g/mol. The second kappa shape index (κ2) is 6.94. The highest BCUT2D eigenvalue weighted by atomic mass is 16.3. The summed E-state index contributed by atoms with van der Waals surface area (Å²) in [5.41, 5.74) is 4.34. The summed E-state index contributed by atoms with van der Waals surface area (Å²) < 4.78 is 6.50. The van der Waals surface area contributed by atoms with Crippen molar-refractivity contribution in [3.63, 3.8) is 0 Å². The fourth-order valence-corrected chi connectivity index (χ4v) is 5.79. The second-order valence-corrected chi connectivity index (χ2v) is 9.33. The van der Waals surface area contributed by atoms with Crippen LogP contribution in [0.2, 0.25) is 0 Å². The molecule has 0 unspecified atom stereocenters. The van der Waals surface area contributed by atoms with E-state index in [1.165, 1.54) is 54.2 Å². The molecule has 1 aromatic heterocycles. The first-order valence-electron chi connectivity index (χ1n) is 12.0. The fourth-order valence-electron chi connectivity index (χ4n) is 5.79. The Morgan fingerprint density at radius 3 is 1.89 bits per heavy atom. The lowest BCUT2D eigenvalue weighted by atomic mass is 9.89. The van der Waals surface area contributed by atoms with Gasteiger partial charge in [-0.15, -0.1) is 0 Å². The van der Waals surface area contributed by atoms with E-state index >= 15 is 0 Å². The number of hydrogen-bond donors (Lipinski definition) is 0. The maximum Gasteiger partial charge on any atom is 0.143 e. The molecule has 1 heterocycles. The molecular weight excluding hydrogens is 424 g/mol. The molecule has 0 saturated heterocycles. The quantitative estimate of drug-likeness (QED) is 0.181. The second-order valence-electron chi connectivity index (χ2n) is 9.33. The number of benzene rings is 7. The molecule has 0 aliphatic carbocycles. The van der Waals surface area contributed by atoms with Gasteiger partial charge in [0.1, 0.15) is 11.2 Å². The molecule has 0 bridgehead atoms. The molecule has 0 atom stereocenters. The van der Waals surface area contributed by atoms with Crippen molar-refractivity contribution in [3.05, 3.63) is 121 Å². The van der Waals surface area contributed by atoms with Crippen LogP contribution in [-0.2, 0) is 0 Å². The lowest BCUT2D eigenvalue weighted by Gasteiger charge is -2.13. The van der Waals surface area contributed by atoms with Crippen molar-refractivity contribution in [1.29, 1.82) is 0 Å². The van der Waals surface area contributed by atoms with Crippen molar-refractivity contribution in [2.24, 2.45) is 0 Å². The van der Waals surface area contributed by atoms with Crippen molar-refractivity contribution in [2.45, 2.75) is 0 Å². The molecule has 0 radical (unpaired) electrons. The summed E-state index contributed by atoms with van der Waals surface area (Å²) in [6, 6.07) is 43.7. The summed E-state index contributed by atoms with van der Waals surface area (Å²) in [4.78, 5) is 0. The molecule has 162 valence electrons. The van der Waals surface area contributed by atoms with E-state index in [1.807, 2.05) is 0 Å². The first kappa shape index (κ1) is 18.8. The van der Waals surface area contributed by atoms with E-state index < -0.39 is 0 Å². The zero-order valence-electron chi connectivity index (χ0n) is 19.0. The van der Waals surface area contributed by atoms with Crippen LogP contribution in [0.15, 0.2) is 126 Å². The van der Waals surface area contributed by atoms with Crippen LogP contribution in [0.4, 0.5) is 0 Å². The van der Waals surface area contributed by atoms with Crippen LogP contribution in [0.5, 0.6) is 0 Å². The van der Waals surface area contributed by atoms with Crippen LogP contribution < -0.4 is 0 Å². The van der Waals surface area contributed by atoms with E-state index in [0.717, 1.165) is 21.9 Å². The predicted octanol–water partition coefficient (Wildman–Crippen LogP) is 9.87. The molecule has 0 amide bonds. The van der Waals surface area contributed by atoms with Crippen molar-refractivity contribution in [2.75, 3.05) is 0 Å². The standard InChI is InChI=1S/C34H20O/c1-2-10-23-19-31-29(18-22(23)9-1)25-12-5-4-11-24(25)20-30(31)27-14-7-15-32-33(27)28-17-16-21-8-3-6-13-26(21)34(28)35-32/h1-20H. The lowest BCUT2D eigenvalue weighted by molar-refractivity contribution is 0.673. The first-order chi connectivity index (χ1) is 17.3. The number of hydrogen-bond acceptors (Lipinski definition) is 1. The van der Waals surface area contributed by atoms with Gasteiger partial charge >= 0.3 is 0 Å². The Balaban J connectivity index is 1.57. The Hall–Kier alpha value is -4.62. The van der Waals surface area contributed by atoms with Gasteiger partial charge in [0.15, 0.2) is 0 Å². The highest BCUT2D eigenvalue weighted by molar-refractivity contribution is 6.23. The summed E-state index contributed by atoms with van der Waals surface area (Å²) in [5, 5.41) is 12.3. The minimum Gasteiger partial charge on any atom is -0.455 e. The van der Waals surface area contributed by atoms with Gasteiger partial charge < -0.3 is 4.42 Å². The molecule has 1 heteroatoms. The summed E-state index contributed by atoms with van der Waals surface area (Å²) in [5.74, 6) is 0. The highest BCUT2D eigenvalue weighted by Gasteiger charge is 2.17. The smallest absolute Gasteiger partial charge is 0.143 e. The third-order valence-corrected chi connectivity index (χ3v) is 7.40. The Bertz CT molecular complexity index is 2110. The van der Waals surface area contributed by atoms with Crippen molar-refractivity contribution in [1.82, 2.24) is 0 Å². The highest BCUT2D eigenvalue weighted by Crippen LogP contribution is 2.43. The maximum atomic E-state index is 6.50. The molecule has 7 aromatic carbocycles. The van der Waals surface area contributed by atoms with E-state index in [9.17, 15) is 0 Å². The van der Waals surface area contributed by atoms with E-state index in [2.05, 4.69) is 121 Å². The molecule has 8 rings (SSSR count). The van der Waals surface area contributed by atoms with Gasteiger partial charge in [0.05, 0.1) is 0 Å². The fraction of sp³-hybridized carbons (Fsp3) is 0. The van der Waals surface area contributed by atoms with Crippen LogP contribution >= 0.6 is 0 Å². The van der Waals surface area contributed by atoms with Crippen molar-refractivity contribution in [3.8, 4) is 11.1 Å². The van der Waals surface area contributed by atoms with E-state index in [4.69, 9.17) is 4.42 Å². The van der Waals surface area contributed by atoms with Gasteiger partial charge in [-0.2, -0.15) is 0 Å². The van der Waals surface area contributed by atoms with Gasteiger partial charge in [0.2, 0.25) is 0 Å². The van der Waals surface area contributed by atoms with Gasteiger partial charge in [-0.1, -0.05) is 91.0 Å². The normalized spacial score (nSPS) is 12.0. The molecule has 35 heavy (non-hydrogen) atoms. The molecular formula is C34H20O. The Kier molecular flexibility index (Phi) is 3.72. The lowest BCUT2D eigenvalue weighted by Crippen LogP contribution is -1.87. The van der Waals surface area contributed by atoms with Gasteiger partial charge in [-0.25, -0.2) is 0 Å². The topological polar surface area (TPSA) is 13.1 Å². The molecule has 0 spiro atoms. The minimum atomic E-state index is 0.927. The molecule has 0 fully saturated rings. The summed E-state index contributed by atoms with van der Waals surface area (Å²) in [6.45, 7) is 0. The summed E-state index contributed by atoms with van der Waals surface area (Å²) >= 11 is 0. The first-order valence-corrected chi connectivity index (χ1v) is 12.0. The zero-order valence-corrected chi connectivity index (χ0v) is 19.0. The van der Waals surface area contributed by atoms with Gasteiger partial charge in [-0.3, -0.25) is 0 Å². The van der Waals surface area contributed by atoms with Crippen molar-refractivity contribution < 1.29 is 4.42 Å². The molecule has 0 aliphatic rings. The number of fused-ring (bicyclic) bond motifs is 9. The van der Waals surface area contributed by atoms with E-state index in [-0.39, 0.29) is 0 Å².